The number of aromatic nitrogens is 1. The summed E-state index contributed by atoms with van der Waals surface area (Å²) in [4.78, 5) is 17.1. The summed E-state index contributed by atoms with van der Waals surface area (Å²) in [5.41, 5.74) is 0.689. The van der Waals surface area contributed by atoms with Gasteiger partial charge in [-0.2, -0.15) is 0 Å². The van der Waals surface area contributed by atoms with Crippen LogP contribution in [0.3, 0.4) is 0 Å². The first-order valence-electron chi connectivity index (χ1n) is 5.28. The maximum Gasteiger partial charge on any atom is 0.195 e. The van der Waals surface area contributed by atoms with Gasteiger partial charge in [-0.15, -0.1) is 0 Å². The fourth-order valence-corrected chi connectivity index (χ4v) is 1.84. The van der Waals surface area contributed by atoms with Gasteiger partial charge in [-0.25, -0.2) is 0 Å². The van der Waals surface area contributed by atoms with Gasteiger partial charge in [0.15, 0.2) is 5.78 Å². The number of hydrogen-bond donors (Lipinski definition) is 1. The van der Waals surface area contributed by atoms with E-state index in [1.54, 1.807) is 6.20 Å². The van der Waals surface area contributed by atoms with Gasteiger partial charge in [0.1, 0.15) is 0 Å². The van der Waals surface area contributed by atoms with E-state index in [9.17, 15) is 4.79 Å². The number of H-pyrrole nitrogens is 1. The molecule has 1 fully saturated rings. The second-order valence-corrected chi connectivity index (χ2v) is 3.77. The Morgan fingerprint density at radius 3 is 2.87 bits per heavy atom. The zero-order valence-electron chi connectivity index (χ0n) is 8.90. The molecule has 1 N–H and O–H groups in total. The Kier molecular flexibility index (Phi) is 3.18. The van der Waals surface area contributed by atoms with Crippen LogP contribution in [0.5, 0.6) is 0 Å². The summed E-state index contributed by atoms with van der Waals surface area (Å²) in [5, 5.41) is 0. The third kappa shape index (κ3) is 2.27. The van der Waals surface area contributed by atoms with Crippen LogP contribution in [0, 0.1) is 0 Å². The molecule has 1 aromatic heterocycles. The maximum atomic E-state index is 12.0. The van der Waals surface area contributed by atoms with Crippen LogP contribution in [-0.4, -0.2) is 48.0 Å². The predicted octanol–water partition coefficient (Wildman–Crippen LogP) is 0.918. The van der Waals surface area contributed by atoms with Crippen LogP contribution in [0.25, 0.3) is 0 Å². The summed E-state index contributed by atoms with van der Waals surface area (Å²) in [6.07, 6.45) is 1.78. The van der Waals surface area contributed by atoms with Crippen molar-refractivity contribution in [2.75, 3.05) is 26.3 Å². The minimum atomic E-state index is -0.0625. The lowest BCUT2D eigenvalue weighted by Gasteiger charge is -2.31. The molecule has 1 saturated heterocycles. The average molecular weight is 208 g/mol. The van der Waals surface area contributed by atoms with Crippen molar-refractivity contribution in [3.05, 3.63) is 24.0 Å². The van der Waals surface area contributed by atoms with E-state index in [4.69, 9.17) is 4.74 Å². The summed E-state index contributed by atoms with van der Waals surface area (Å²) in [6.45, 7) is 5.08. The molecule has 4 nitrogen and oxygen atoms in total. The smallest absolute Gasteiger partial charge is 0.195 e. The molecule has 0 spiro atoms. The summed E-state index contributed by atoms with van der Waals surface area (Å²) in [7, 11) is 0. The van der Waals surface area contributed by atoms with Gasteiger partial charge in [0.25, 0.3) is 0 Å². The van der Waals surface area contributed by atoms with Crippen molar-refractivity contribution in [2.24, 2.45) is 0 Å². The average Bonchev–Trinajstić information content (AvgIpc) is 2.82. The Bertz CT molecular complexity index is 315. The van der Waals surface area contributed by atoms with Crippen molar-refractivity contribution >= 4 is 5.78 Å². The van der Waals surface area contributed by atoms with Crippen LogP contribution >= 0.6 is 0 Å². The molecule has 0 amide bonds. The Labute approximate surface area is 89.2 Å². The Morgan fingerprint density at radius 2 is 2.27 bits per heavy atom. The van der Waals surface area contributed by atoms with Crippen molar-refractivity contribution in [3.8, 4) is 0 Å². The van der Waals surface area contributed by atoms with E-state index in [1.165, 1.54) is 0 Å². The quantitative estimate of drug-likeness (QED) is 0.751. The van der Waals surface area contributed by atoms with E-state index in [0.717, 1.165) is 26.3 Å². The molecule has 82 valence electrons. The number of ketones is 1. The number of ether oxygens (including phenoxy) is 1. The first-order valence-corrected chi connectivity index (χ1v) is 5.28. The number of carbonyl (C=O) groups excluding carboxylic acids is 1. The van der Waals surface area contributed by atoms with Gasteiger partial charge in [0.2, 0.25) is 0 Å². The zero-order valence-corrected chi connectivity index (χ0v) is 8.90. The van der Waals surface area contributed by atoms with Crippen molar-refractivity contribution < 1.29 is 9.53 Å². The monoisotopic (exact) mass is 208 g/mol. The minimum Gasteiger partial charge on any atom is -0.379 e. The molecule has 2 rings (SSSR count). The van der Waals surface area contributed by atoms with Gasteiger partial charge in [0, 0.05) is 19.3 Å². The van der Waals surface area contributed by atoms with E-state index in [-0.39, 0.29) is 11.8 Å². The predicted molar refractivity (Wildman–Crippen MR) is 57.0 cm³/mol. The molecule has 0 aromatic carbocycles. The molecule has 1 aliphatic rings. The summed E-state index contributed by atoms with van der Waals surface area (Å²) in [6, 6.07) is 3.60. The van der Waals surface area contributed by atoms with Gasteiger partial charge in [-0.3, -0.25) is 9.69 Å². The first-order chi connectivity index (χ1) is 7.29. The highest BCUT2D eigenvalue weighted by atomic mass is 16.5. The second-order valence-electron chi connectivity index (χ2n) is 3.77. The molecule has 0 bridgehead atoms. The molecule has 1 unspecified atom stereocenters. The summed E-state index contributed by atoms with van der Waals surface area (Å²) < 4.78 is 5.26. The van der Waals surface area contributed by atoms with Gasteiger partial charge in [-0.05, 0) is 19.1 Å². The number of aromatic amines is 1. The zero-order chi connectivity index (χ0) is 10.7. The van der Waals surface area contributed by atoms with E-state index in [2.05, 4.69) is 9.88 Å². The standard InChI is InChI=1S/C11H16N2O2/c1-9(13-5-7-15-8-6-13)11(14)10-3-2-4-12-10/h2-4,9,12H,5-8H2,1H3. The highest BCUT2D eigenvalue weighted by Gasteiger charge is 2.24. The number of morpholine rings is 1. The fraction of sp³-hybridized carbons (Fsp3) is 0.545. The highest BCUT2D eigenvalue weighted by molar-refractivity contribution is 5.98. The van der Waals surface area contributed by atoms with E-state index in [0.29, 0.717) is 5.69 Å². The van der Waals surface area contributed by atoms with Crippen LogP contribution in [0.1, 0.15) is 17.4 Å². The molecule has 1 aromatic rings. The lowest BCUT2D eigenvalue weighted by Crippen LogP contribution is -2.45. The van der Waals surface area contributed by atoms with Gasteiger partial charge < -0.3 is 9.72 Å². The molecule has 2 heterocycles. The molecule has 0 aliphatic carbocycles. The van der Waals surface area contributed by atoms with Crippen molar-refractivity contribution in [2.45, 2.75) is 13.0 Å². The lowest BCUT2D eigenvalue weighted by atomic mass is 10.1. The number of rotatable bonds is 3. The normalized spacial score (nSPS) is 20.1. The lowest BCUT2D eigenvalue weighted by molar-refractivity contribution is 0.0207. The summed E-state index contributed by atoms with van der Waals surface area (Å²) in [5.74, 6) is 0.155. The van der Waals surface area contributed by atoms with Crippen LogP contribution < -0.4 is 0 Å². The number of nitrogens with one attached hydrogen (secondary N) is 1. The maximum absolute atomic E-state index is 12.0. The number of Topliss-reactive ketones (excluding diaryl/α,β-unsaturated/α-hetero) is 1. The van der Waals surface area contributed by atoms with Gasteiger partial charge in [0.05, 0.1) is 24.9 Å². The molecule has 4 heteroatoms. The fourth-order valence-electron chi connectivity index (χ4n) is 1.84. The van der Waals surface area contributed by atoms with Gasteiger partial charge >= 0.3 is 0 Å². The second kappa shape index (κ2) is 4.59. The molecular weight excluding hydrogens is 192 g/mol. The van der Waals surface area contributed by atoms with Crippen LogP contribution in [-0.2, 0) is 4.74 Å². The van der Waals surface area contributed by atoms with E-state index >= 15 is 0 Å². The molecule has 0 saturated carbocycles. The van der Waals surface area contributed by atoms with E-state index < -0.39 is 0 Å². The Hall–Kier alpha value is -1.13. The molecule has 0 radical (unpaired) electrons. The SMILES string of the molecule is CC(C(=O)c1ccc[nH]1)N1CCOCC1. The topological polar surface area (TPSA) is 45.3 Å². The third-order valence-corrected chi connectivity index (χ3v) is 2.84. The van der Waals surface area contributed by atoms with Crippen molar-refractivity contribution in [3.63, 3.8) is 0 Å². The Morgan fingerprint density at radius 1 is 1.53 bits per heavy atom. The minimum absolute atomic E-state index is 0.0625. The number of hydrogen-bond acceptors (Lipinski definition) is 3. The van der Waals surface area contributed by atoms with E-state index in [1.807, 2.05) is 19.1 Å². The van der Waals surface area contributed by atoms with Crippen molar-refractivity contribution in [1.82, 2.24) is 9.88 Å². The summed E-state index contributed by atoms with van der Waals surface area (Å²) >= 11 is 0. The molecule has 1 aliphatic heterocycles. The Balaban J connectivity index is 2.00. The van der Waals surface area contributed by atoms with Crippen LogP contribution in [0.2, 0.25) is 0 Å². The number of carbonyl (C=O) groups is 1. The molecular formula is C11H16N2O2. The number of nitrogens with zero attached hydrogens (tertiary/aromatic N) is 1. The largest absolute Gasteiger partial charge is 0.379 e. The first kappa shape index (κ1) is 10.4. The van der Waals surface area contributed by atoms with Crippen LogP contribution in [0.4, 0.5) is 0 Å². The third-order valence-electron chi connectivity index (χ3n) is 2.84. The molecule has 15 heavy (non-hydrogen) atoms. The van der Waals surface area contributed by atoms with Crippen LogP contribution in [0.15, 0.2) is 18.3 Å². The van der Waals surface area contributed by atoms with Crippen molar-refractivity contribution in [1.29, 1.82) is 0 Å². The highest BCUT2D eigenvalue weighted by Crippen LogP contribution is 2.09. The van der Waals surface area contributed by atoms with Gasteiger partial charge in [-0.1, -0.05) is 0 Å². The molecule has 1 atom stereocenters.